The van der Waals surface area contributed by atoms with Gasteiger partial charge in [-0.2, -0.15) is 0 Å². The third-order valence-corrected chi connectivity index (χ3v) is 6.29. The molecule has 0 saturated carbocycles. The Morgan fingerprint density at radius 3 is 2.70 bits per heavy atom. The van der Waals surface area contributed by atoms with Gasteiger partial charge in [-0.15, -0.1) is 11.3 Å². The number of aromatic nitrogens is 1. The van der Waals surface area contributed by atoms with E-state index < -0.39 is 14.9 Å². The fourth-order valence-electron chi connectivity index (χ4n) is 1.65. The average molecular weight is 421 g/mol. The number of anilines is 1. The lowest BCUT2D eigenvalue weighted by molar-refractivity contribution is -0.385. The number of hydrogen-bond donors (Lipinski definition) is 2. The zero-order valence-electron chi connectivity index (χ0n) is 11.9. The van der Waals surface area contributed by atoms with Gasteiger partial charge >= 0.3 is 0 Å². The number of thiophene rings is 1. The molecule has 0 fully saturated rings. The second-order valence-electron chi connectivity index (χ2n) is 4.47. The summed E-state index contributed by atoms with van der Waals surface area (Å²) in [5.41, 5.74) is -0.129. The van der Waals surface area contributed by atoms with Gasteiger partial charge in [0.05, 0.1) is 9.40 Å². The molecule has 124 valence electrons. The quantitative estimate of drug-likeness (QED) is 0.403. The summed E-state index contributed by atoms with van der Waals surface area (Å²) in [4.78, 5) is 14.9. The lowest BCUT2D eigenvalue weighted by Gasteiger charge is -2.08. The number of sulfonamides is 1. The summed E-state index contributed by atoms with van der Waals surface area (Å²) >= 11 is 4.38. The van der Waals surface area contributed by atoms with Crippen LogP contribution in [0.4, 0.5) is 11.5 Å². The molecule has 2 heterocycles. The van der Waals surface area contributed by atoms with E-state index in [0.717, 1.165) is 11.1 Å². The highest BCUT2D eigenvalue weighted by Gasteiger charge is 2.15. The van der Waals surface area contributed by atoms with Crippen molar-refractivity contribution in [1.29, 1.82) is 0 Å². The van der Waals surface area contributed by atoms with Crippen LogP contribution in [0.1, 0.15) is 4.88 Å². The molecule has 0 aliphatic heterocycles. The molecular formula is C12H13BrN4O4S2. The molecule has 0 spiro atoms. The second-order valence-corrected chi connectivity index (χ2v) is 8.61. The van der Waals surface area contributed by atoms with Gasteiger partial charge in [0.2, 0.25) is 10.0 Å². The summed E-state index contributed by atoms with van der Waals surface area (Å²) in [7, 11) is -3.51. The fraction of sp³-hybridized carbons (Fsp3) is 0.250. The SMILES string of the molecule is Cc1ccc(S(=O)(=O)NCCNc2ncc([N+](=O)[O-])cc2Br)s1. The minimum absolute atomic E-state index is 0.129. The van der Waals surface area contributed by atoms with Crippen LogP contribution in [-0.2, 0) is 10.0 Å². The lowest BCUT2D eigenvalue weighted by atomic mass is 10.4. The van der Waals surface area contributed by atoms with Crippen molar-refractivity contribution in [1.82, 2.24) is 9.71 Å². The fourth-order valence-corrected chi connectivity index (χ4v) is 4.49. The van der Waals surface area contributed by atoms with Crippen LogP contribution >= 0.6 is 27.3 Å². The van der Waals surface area contributed by atoms with E-state index >= 15 is 0 Å². The number of halogens is 1. The van der Waals surface area contributed by atoms with Gasteiger partial charge in [0, 0.05) is 24.0 Å². The van der Waals surface area contributed by atoms with Gasteiger partial charge in [0.1, 0.15) is 16.2 Å². The van der Waals surface area contributed by atoms with Gasteiger partial charge in [0.25, 0.3) is 5.69 Å². The number of aryl methyl sites for hydroxylation is 1. The Morgan fingerprint density at radius 2 is 2.13 bits per heavy atom. The maximum absolute atomic E-state index is 12.0. The Kier molecular flexibility index (Phi) is 5.68. The molecule has 0 unspecified atom stereocenters. The van der Waals surface area contributed by atoms with Gasteiger partial charge in [0.15, 0.2) is 0 Å². The zero-order valence-corrected chi connectivity index (χ0v) is 15.2. The van der Waals surface area contributed by atoms with Crippen LogP contribution in [0.15, 0.2) is 33.1 Å². The van der Waals surface area contributed by atoms with Crippen LogP contribution in [0, 0.1) is 17.0 Å². The molecule has 2 aromatic heterocycles. The summed E-state index contributed by atoms with van der Waals surface area (Å²) in [6, 6.07) is 4.63. The van der Waals surface area contributed by atoms with Crippen molar-refractivity contribution in [3.05, 3.63) is 43.9 Å². The maximum atomic E-state index is 12.0. The predicted octanol–water partition coefficient (Wildman–Crippen LogP) is 2.51. The van der Waals surface area contributed by atoms with Gasteiger partial charge in [-0.05, 0) is 35.0 Å². The molecule has 0 bridgehead atoms. The predicted molar refractivity (Wildman–Crippen MR) is 91.3 cm³/mol. The normalized spacial score (nSPS) is 11.4. The van der Waals surface area contributed by atoms with Crippen LogP contribution in [0.2, 0.25) is 0 Å². The Morgan fingerprint density at radius 1 is 1.39 bits per heavy atom. The smallest absolute Gasteiger partial charge is 0.288 e. The second kappa shape index (κ2) is 7.34. The number of rotatable bonds is 7. The van der Waals surface area contributed by atoms with E-state index in [9.17, 15) is 18.5 Å². The average Bonchev–Trinajstić information content (AvgIpc) is 2.92. The molecule has 8 nitrogen and oxygen atoms in total. The standard InChI is InChI=1S/C12H13BrN4O4S2/c1-8-2-3-11(22-8)23(20,21)16-5-4-14-12-10(13)6-9(7-15-12)17(18)19/h2-3,6-7,16H,4-5H2,1H3,(H,14,15). The van der Waals surface area contributed by atoms with E-state index in [0.29, 0.717) is 10.3 Å². The largest absolute Gasteiger partial charge is 0.368 e. The molecule has 0 saturated heterocycles. The molecule has 2 N–H and O–H groups in total. The van der Waals surface area contributed by atoms with E-state index in [2.05, 4.69) is 31.0 Å². The van der Waals surface area contributed by atoms with Crippen LogP contribution in [0.25, 0.3) is 0 Å². The van der Waals surface area contributed by atoms with Crippen molar-refractivity contribution in [2.75, 3.05) is 18.4 Å². The van der Waals surface area contributed by atoms with Crippen molar-refractivity contribution in [3.63, 3.8) is 0 Å². The first-order chi connectivity index (χ1) is 10.8. The molecule has 2 rings (SSSR count). The molecule has 23 heavy (non-hydrogen) atoms. The van der Waals surface area contributed by atoms with Crippen LogP contribution in [0.3, 0.4) is 0 Å². The molecule has 2 aromatic rings. The van der Waals surface area contributed by atoms with Gasteiger partial charge < -0.3 is 5.32 Å². The van der Waals surface area contributed by atoms with Crippen LogP contribution in [0.5, 0.6) is 0 Å². The highest BCUT2D eigenvalue weighted by molar-refractivity contribution is 9.10. The molecular weight excluding hydrogens is 408 g/mol. The van der Waals surface area contributed by atoms with Crippen molar-refractivity contribution in [2.24, 2.45) is 0 Å². The van der Waals surface area contributed by atoms with E-state index in [-0.39, 0.29) is 23.0 Å². The van der Waals surface area contributed by atoms with Crippen molar-refractivity contribution in [3.8, 4) is 0 Å². The summed E-state index contributed by atoms with van der Waals surface area (Å²) in [6.07, 6.45) is 1.13. The van der Waals surface area contributed by atoms with E-state index in [1.165, 1.54) is 17.4 Å². The molecule has 0 aliphatic rings. The third-order valence-electron chi connectivity index (χ3n) is 2.73. The topological polar surface area (TPSA) is 114 Å². The first-order valence-electron chi connectivity index (χ1n) is 6.39. The zero-order chi connectivity index (χ0) is 17.0. The summed E-state index contributed by atoms with van der Waals surface area (Å²) in [5.74, 6) is 0.404. The Balaban J connectivity index is 1.89. The monoisotopic (exact) mass is 420 g/mol. The van der Waals surface area contributed by atoms with Gasteiger partial charge in [-0.1, -0.05) is 0 Å². The van der Waals surface area contributed by atoms with Crippen molar-refractivity contribution < 1.29 is 13.3 Å². The highest BCUT2D eigenvalue weighted by atomic mass is 79.9. The Labute approximate surface area is 145 Å². The number of nitro groups is 1. The minimum atomic E-state index is -3.51. The third kappa shape index (κ3) is 4.70. The Bertz CT molecular complexity index is 822. The lowest BCUT2D eigenvalue weighted by Crippen LogP contribution is -2.28. The summed E-state index contributed by atoms with van der Waals surface area (Å²) < 4.78 is 27.2. The van der Waals surface area contributed by atoms with Crippen LogP contribution in [-0.4, -0.2) is 31.4 Å². The molecule has 0 amide bonds. The van der Waals surface area contributed by atoms with Crippen LogP contribution < -0.4 is 10.0 Å². The molecule has 11 heteroatoms. The highest BCUT2D eigenvalue weighted by Crippen LogP contribution is 2.24. The molecule has 0 aliphatic carbocycles. The first-order valence-corrected chi connectivity index (χ1v) is 9.49. The summed E-state index contributed by atoms with van der Waals surface area (Å²) in [5, 5.41) is 13.5. The Hall–Kier alpha value is -1.56. The van der Waals surface area contributed by atoms with Gasteiger partial charge in [-0.3, -0.25) is 10.1 Å². The van der Waals surface area contributed by atoms with E-state index in [4.69, 9.17) is 0 Å². The van der Waals surface area contributed by atoms with Gasteiger partial charge in [-0.25, -0.2) is 18.1 Å². The number of nitrogens with one attached hydrogen (secondary N) is 2. The van der Waals surface area contributed by atoms with E-state index in [1.807, 2.05) is 6.92 Å². The first kappa shape index (κ1) is 17.8. The number of pyridine rings is 1. The number of nitrogens with zero attached hydrogens (tertiary/aromatic N) is 2. The maximum Gasteiger partial charge on any atom is 0.288 e. The minimum Gasteiger partial charge on any atom is -0.368 e. The molecule has 0 aromatic carbocycles. The van der Waals surface area contributed by atoms with E-state index in [1.54, 1.807) is 12.1 Å². The van der Waals surface area contributed by atoms with Crippen molar-refractivity contribution >= 4 is 48.8 Å². The summed E-state index contributed by atoms with van der Waals surface area (Å²) in [6.45, 7) is 2.28. The molecule has 0 atom stereocenters. The molecule has 0 radical (unpaired) electrons. The van der Waals surface area contributed by atoms with Crippen molar-refractivity contribution in [2.45, 2.75) is 11.1 Å². The number of hydrogen-bond acceptors (Lipinski definition) is 7.